The van der Waals surface area contributed by atoms with E-state index in [0.717, 1.165) is 24.3 Å². The summed E-state index contributed by atoms with van der Waals surface area (Å²) in [4.78, 5) is 4.60. The number of allylic oxidation sites excluding steroid dienone is 1. The van der Waals surface area contributed by atoms with Crippen molar-refractivity contribution in [1.29, 1.82) is 0 Å². The number of nitrogens with zero attached hydrogens (tertiary/aromatic N) is 1. The Bertz CT molecular complexity index is 767. The summed E-state index contributed by atoms with van der Waals surface area (Å²) >= 11 is 6.02. The van der Waals surface area contributed by atoms with Crippen LogP contribution < -0.4 is 0 Å². The Morgan fingerprint density at radius 1 is 1.12 bits per heavy atom. The zero-order chi connectivity index (χ0) is 17.3. The van der Waals surface area contributed by atoms with E-state index in [9.17, 15) is 0 Å². The number of hydrogen-bond acceptors (Lipinski definition) is 1. The van der Waals surface area contributed by atoms with Gasteiger partial charge in [0.1, 0.15) is 0 Å². The number of benzene rings is 1. The quantitative estimate of drug-likeness (QED) is 0.607. The Kier molecular flexibility index (Phi) is 4.69. The molecule has 1 aromatic carbocycles. The van der Waals surface area contributed by atoms with E-state index in [1.54, 1.807) is 0 Å². The molecule has 0 unspecified atom stereocenters. The molecule has 1 nitrogen and oxygen atoms in total. The standard InChI is InChI=1S/C23H26ClN/c1-23(16-17-6-8-19(24)9-7-17)13-10-18(11-14-23)20-12-15-25-22-5-3-2-4-21(20)22/h2,4,6-9,12,15,18H,3,5,10-11,13-14,16H2,1H3. The fourth-order valence-corrected chi connectivity index (χ4v) is 4.73. The predicted octanol–water partition coefficient (Wildman–Crippen LogP) is 6.60. The van der Waals surface area contributed by atoms with Crippen molar-refractivity contribution < 1.29 is 0 Å². The summed E-state index contributed by atoms with van der Waals surface area (Å²) in [6, 6.07) is 10.7. The Balaban J connectivity index is 1.47. The molecule has 0 N–H and O–H groups in total. The van der Waals surface area contributed by atoms with E-state index in [1.807, 2.05) is 18.3 Å². The summed E-state index contributed by atoms with van der Waals surface area (Å²) in [7, 11) is 0. The summed E-state index contributed by atoms with van der Waals surface area (Å²) in [5.74, 6) is 0.692. The minimum atomic E-state index is 0.410. The molecule has 25 heavy (non-hydrogen) atoms. The first-order valence-corrected chi connectivity index (χ1v) is 9.90. The molecule has 0 bridgehead atoms. The Hall–Kier alpha value is -1.60. The van der Waals surface area contributed by atoms with Crippen LogP contribution in [0.4, 0.5) is 0 Å². The highest BCUT2D eigenvalue weighted by molar-refractivity contribution is 6.30. The van der Waals surface area contributed by atoms with Gasteiger partial charge in [0.25, 0.3) is 0 Å². The SMILES string of the molecule is CC1(Cc2ccc(Cl)cc2)CCC(c2ccnc3c2C=CCC3)CC1. The van der Waals surface area contributed by atoms with Crippen LogP contribution in [0.3, 0.4) is 0 Å². The Morgan fingerprint density at radius 2 is 1.88 bits per heavy atom. The van der Waals surface area contributed by atoms with Crippen LogP contribution in [0.25, 0.3) is 6.08 Å². The van der Waals surface area contributed by atoms with Gasteiger partial charge in [0, 0.05) is 16.9 Å². The lowest BCUT2D eigenvalue weighted by atomic mass is 9.67. The largest absolute Gasteiger partial charge is 0.261 e. The maximum absolute atomic E-state index is 6.02. The number of halogens is 1. The molecule has 1 saturated carbocycles. The lowest BCUT2D eigenvalue weighted by molar-refractivity contribution is 0.197. The molecule has 0 aliphatic heterocycles. The van der Waals surface area contributed by atoms with E-state index in [0.29, 0.717) is 11.3 Å². The van der Waals surface area contributed by atoms with Crippen molar-refractivity contribution in [2.45, 2.75) is 57.8 Å². The number of pyridine rings is 1. The molecular formula is C23H26ClN. The fourth-order valence-electron chi connectivity index (χ4n) is 4.60. The summed E-state index contributed by atoms with van der Waals surface area (Å²) < 4.78 is 0. The topological polar surface area (TPSA) is 12.9 Å². The molecule has 2 aliphatic carbocycles. The number of fused-ring (bicyclic) bond motifs is 1. The van der Waals surface area contributed by atoms with Crippen molar-refractivity contribution in [2.75, 3.05) is 0 Å². The van der Waals surface area contributed by atoms with E-state index < -0.39 is 0 Å². The van der Waals surface area contributed by atoms with Crippen LogP contribution in [0.1, 0.15) is 67.3 Å². The Morgan fingerprint density at radius 3 is 2.64 bits per heavy atom. The normalized spacial score (nSPS) is 25.6. The monoisotopic (exact) mass is 351 g/mol. The third-order valence-corrected chi connectivity index (χ3v) is 6.37. The van der Waals surface area contributed by atoms with Gasteiger partial charge in [-0.1, -0.05) is 42.8 Å². The second kappa shape index (κ2) is 6.96. The van der Waals surface area contributed by atoms with Crippen molar-refractivity contribution in [1.82, 2.24) is 4.98 Å². The van der Waals surface area contributed by atoms with Gasteiger partial charge in [-0.2, -0.15) is 0 Å². The average Bonchev–Trinajstić information content (AvgIpc) is 2.64. The molecule has 130 valence electrons. The summed E-state index contributed by atoms with van der Waals surface area (Å²) in [6.45, 7) is 2.46. The van der Waals surface area contributed by atoms with Gasteiger partial charge in [0.2, 0.25) is 0 Å². The van der Waals surface area contributed by atoms with E-state index >= 15 is 0 Å². The van der Waals surface area contributed by atoms with Gasteiger partial charge in [0.15, 0.2) is 0 Å². The third kappa shape index (κ3) is 3.67. The number of aryl methyl sites for hydroxylation is 1. The molecule has 1 aromatic heterocycles. The van der Waals surface area contributed by atoms with Gasteiger partial charge in [0.05, 0.1) is 0 Å². The molecule has 2 aromatic rings. The lowest BCUT2D eigenvalue weighted by Gasteiger charge is -2.38. The first-order chi connectivity index (χ1) is 12.1. The van der Waals surface area contributed by atoms with Crippen LogP contribution in [0.5, 0.6) is 0 Å². The molecule has 0 amide bonds. The van der Waals surface area contributed by atoms with E-state index in [4.69, 9.17) is 11.6 Å². The zero-order valence-corrected chi connectivity index (χ0v) is 15.7. The van der Waals surface area contributed by atoms with Gasteiger partial charge >= 0.3 is 0 Å². The first kappa shape index (κ1) is 16.8. The van der Waals surface area contributed by atoms with E-state index in [-0.39, 0.29) is 0 Å². The average molecular weight is 352 g/mol. The molecule has 2 aliphatic rings. The maximum Gasteiger partial charge on any atom is 0.0481 e. The van der Waals surface area contributed by atoms with Crippen LogP contribution in [0.2, 0.25) is 5.02 Å². The van der Waals surface area contributed by atoms with E-state index in [1.165, 1.54) is 48.1 Å². The van der Waals surface area contributed by atoms with Crippen molar-refractivity contribution in [3.8, 4) is 0 Å². The Labute approximate surface area is 156 Å². The molecule has 0 atom stereocenters. The minimum Gasteiger partial charge on any atom is -0.261 e. The predicted molar refractivity (Wildman–Crippen MR) is 106 cm³/mol. The van der Waals surface area contributed by atoms with Crippen LogP contribution in [0, 0.1) is 5.41 Å². The van der Waals surface area contributed by atoms with Crippen molar-refractivity contribution in [3.63, 3.8) is 0 Å². The first-order valence-electron chi connectivity index (χ1n) is 9.52. The van der Waals surface area contributed by atoms with Gasteiger partial charge in [-0.25, -0.2) is 0 Å². The van der Waals surface area contributed by atoms with Crippen molar-refractivity contribution in [2.24, 2.45) is 5.41 Å². The van der Waals surface area contributed by atoms with Gasteiger partial charge in [-0.05, 0) is 91.2 Å². The smallest absolute Gasteiger partial charge is 0.0481 e. The highest BCUT2D eigenvalue weighted by Crippen LogP contribution is 2.46. The molecular weight excluding hydrogens is 326 g/mol. The van der Waals surface area contributed by atoms with Crippen molar-refractivity contribution in [3.05, 3.63) is 70.0 Å². The molecule has 0 spiro atoms. The molecule has 0 radical (unpaired) electrons. The zero-order valence-electron chi connectivity index (χ0n) is 15.0. The molecule has 0 saturated heterocycles. The molecule has 1 heterocycles. The molecule has 1 fully saturated rings. The summed E-state index contributed by atoms with van der Waals surface area (Å²) in [6.07, 6.45) is 15.2. The second-order valence-corrected chi connectivity index (χ2v) is 8.53. The van der Waals surface area contributed by atoms with Gasteiger partial charge in [-0.15, -0.1) is 0 Å². The highest BCUT2D eigenvalue weighted by Gasteiger charge is 2.32. The highest BCUT2D eigenvalue weighted by atomic mass is 35.5. The number of hydrogen-bond donors (Lipinski definition) is 0. The van der Waals surface area contributed by atoms with Crippen molar-refractivity contribution >= 4 is 17.7 Å². The minimum absolute atomic E-state index is 0.410. The second-order valence-electron chi connectivity index (χ2n) is 8.09. The van der Waals surface area contributed by atoms with Crippen LogP contribution in [-0.4, -0.2) is 4.98 Å². The number of aromatic nitrogens is 1. The maximum atomic E-state index is 6.02. The van der Waals surface area contributed by atoms with Gasteiger partial charge < -0.3 is 0 Å². The lowest BCUT2D eigenvalue weighted by Crippen LogP contribution is -2.26. The third-order valence-electron chi connectivity index (χ3n) is 6.12. The summed E-state index contributed by atoms with van der Waals surface area (Å²) in [5.41, 5.74) is 6.08. The van der Waals surface area contributed by atoms with Crippen LogP contribution in [-0.2, 0) is 12.8 Å². The number of rotatable bonds is 3. The fraction of sp³-hybridized carbons (Fsp3) is 0.435. The summed E-state index contributed by atoms with van der Waals surface area (Å²) in [5, 5.41) is 0.827. The van der Waals surface area contributed by atoms with Crippen LogP contribution >= 0.6 is 11.6 Å². The van der Waals surface area contributed by atoms with Gasteiger partial charge in [-0.3, -0.25) is 4.98 Å². The molecule has 2 heteroatoms. The van der Waals surface area contributed by atoms with E-state index in [2.05, 4.69) is 42.3 Å². The molecule has 4 rings (SSSR count). The van der Waals surface area contributed by atoms with Crippen LogP contribution in [0.15, 0.2) is 42.6 Å².